The van der Waals surface area contributed by atoms with Gasteiger partial charge in [0.2, 0.25) is 0 Å². The van der Waals surface area contributed by atoms with Gasteiger partial charge >= 0.3 is 0 Å². The lowest BCUT2D eigenvalue weighted by molar-refractivity contribution is 0.101. The molecule has 1 N–H and O–H groups in total. The zero-order chi connectivity index (χ0) is 15.4. The first-order valence-electron chi connectivity index (χ1n) is 6.36. The monoisotopic (exact) mass is 293 g/mol. The maximum atomic E-state index is 13.5. The van der Waals surface area contributed by atoms with E-state index in [1.54, 1.807) is 0 Å². The molecule has 5 nitrogen and oxygen atoms in total. The number of aryl methyl sites for hydroxylation is 1. The van der Waals surface area contributed by atoms with Crippen LogP contribution in [0, 0.1) is 11.6 Å². The minimum atomic E-state index is -0.884. The third kappa shape index (κ3) is 3.31. The van der Waals surface area contributed by atoms with Gasteiger partial charge in [0.1, 0.15) is 23.0 Å². The fraction of sp³-hybridized carbons (Fsp3) is 0.214. The van der Waals surface area contributed by atoms with Crippen molar-refractivity contribution in [2.24, 2.45) is 0 Å². The Balaban J connectivity index is 2.29. The average molecular weight is 293 g/mol. The molecule has 21 heavy (non-hydrogen) atoms. The SMILES string of the molecule is CCCn1nc(C(=O)Nc2c(F)cccc2F)ccc1=O. The molecule has 0 fully saturated rings. The normalized spacial score (nSPS) is 10.4. The first-order valence-corrected chi connectivity index (χ1v) is 6.36. The molecule has 0 aliphatic carbocycles. The molecule has 0 radical (unpaired) electrons. The Morgan fingerprint density at radius 2 is 1.90 bits per heavy atom. The Kier molecular flexibility index (Phi) is 4.42. The van der Waals surface area contributed by atoms with Crippen LogP contribution in [0.4, 0.5) is 14.5 Å². The molecule has 110 valence electrons. The van der Waals surface area contributed by atoms with Gasteiger partial charge in [0.15, 0.2) is 0 Å². The number of carbonyl (C=O) groups excluding carboxylic acids is 1. The maximum absolute atomic E-state index is 13.5. The van der Waals surface area contributed by atoms with Crippen molar-refractivity contribution in [1.29, 1.82) is 0 Å². The van der Waals surface area contributed by atoms with Gasteiger partial charge in [-0.2, -0.15) is 5.10 Å². The van der Waals surface area contributed by atoms with E-state index in [9.17, 15) is 18.4 Å². The van der Waals surface area contributed by atoms with Crippen LogP contribution in [0.1, 0.15) is 23.8 Å². The second-order valence-electron chi connectivity index (χ2n) is 4.33. The molecular formula is C14H13F2N3O2. The molecule has 0 spiro atoms. The smallest absolute Gasteiger partial charge is 0.276 e. The van der Waals surface area contributed by atoms with Crippen LogP contribution in [0.3, 0.4) is 0 Å². The van der Waals surface area contributed by atoms with E-state index >= 15 is 0 Å². The topological polar surface area (TPSA) is 64.0 Å². The molecule has 2 rings (SSSR count). The largest absolute Gasteiger partial charge is 0.316 e. The van der Waals surface area contributed by atoms with E-state index in [1.807, 2.05) is 6.92 Å². The van der Waals surface area contributed by atoms with E-state index in [2.05, 4.69) is 10.4 Å². The lowest BCUT2D eigenvalue weighted by atomic mass is 10.2. The van der Waals surface area contributed by atoms with Crippen LogP contribution >= 0.6 is 0 Å². The summed E-state index contributed by atoms with van der Waals surface area (Å²) < 4.78 is 28.1. The number of benzene rings is 1. The number of anilines is 1. The quantitative estimate of drug-likeness (QED) is 0.939. The average Bonchev–Trinajstić information content (AvgIpc) is 2.45. The van der Waals surface area contributed by atoms with Gasteiger partial charge in [-0.3, -0.25) is 9.59 Å². The molecule has 1 aromatic heterocycles. The van der Waals surface area contributed by atoms with Crippen LogP contribution in [0.2, 0.25) is 0 Å². The first-order chi connectivity index (χ1) is 10.0. The van der Waals surface area contributed by atoms with Gasteiger partial charge in [-0.25, -0.2) is 13.5 Å². The summed E-state index contributed by atoms with van der Waals surface area (Å²) in [5.41, 5.74) is -0.978. The molecule has 7 heteroatoms. The predicted octanol–water partition coefficient (Wildman–Crippen LogP) is 2.18. The highest BCUT2D eigenvalue weighted by Crippen LogP contribution is 2.18. The van der Waals surface area contributed by atoms with Crippen LogP contribution < -0.4 is 10.9 Å². The van der Waals surface area contributed by atoms with Crippen molar-refractivity contribution < 1.29 is 13.6 Å². The Bertz CT molecular complexity index is 708. The molecule has 0 atom stereocenters. The molecule has 0 aliphatic rings. The number of amides is 1. The van der Waals surface area contributed by atoms with Crippen LogP contribution in [0.25, 0.3) is 0 Å². The van der Waals surface area contributed by atoms with E-state index in [-0.39, 0.29) is 11.3 Å². The number of halogens is 2. The number of para-hydroxylation sites is 1. The summed E-state index contributed by atoms with van der Waals surface area (Å²) in [6.45, 7) is 2.21. The Morgan fingerprint density at radius 3 is 2.52 bits per heavy atom. The maximum Gasteiger partial charge on any atom is 0.276 e. The number of hydrogen-bond acceptors (Lipinski definition) is 3. The third-order valence-electron chi connectivity index (χ3n) is 2.74. The Hall–Kier alpha value is -2.57. The van der Waals surface area contributed by atoms with E-state index < -0.39 is 23.2 Å². The molecule has 0 saturated carbocycles. The van der Waals surface area contributed by atoms with Crippen molar-refractivity contribution in [3.05, 3.63) is 58.0 Å². The summed E-state index contributed by atoms with van der Waals surface area (Å²) in [4.78, 5) is 23.5. The first kappa shape index (κ1) is 14.8. The van der Waals surface area contributed by atoms with Crippen LogP contribution in [0.5, 0.6) is 0 Å². The summed E-state index contributed by atoms with van der Waals surface area (Å²) in [5, 5.41) is 5.98. The molecule has 0 bridgehead atoms. The highest BCUT2D eigenvalue weighted by molar-refractivity contribution is 6.02. The van der Waals surface area contributed by atoms with E-state index in [1.165, 1.54) is 18.2 Å². The van der Waals surface area contributed by atoms with E-state index in [0.29, 0.717) is 13.0 Å². The number of carbonyl (C=O) groups is 1. The Labute approximate surface area is 119 Å². The van der Waals surface area contributed by atoms with Crippen molar-refractivity contribution in [3.8, 4) is 0 Å². The minimum absolute atomic E-state index is 0.0919. The molecule has 2 aromatic rings. The number of hydrogen-bond donors (Lipinski definition) is 1. The number of nitrogens with zero attached hydrogens (tertiary/aromatic N) is 2. The number of aromatic nitrogens is 2. The van der Waals surface area contributed by atoms with Gasteiger partial charge in [0.05, 0.1) is 0 Å². The van der Waals surface area contributed by atoms with Crippen LogP contribution in [0.15, 0.2) is 35.1 Å². The minimum Gasteiger partial charge on any atom is -0.316 e. The van der Waals surface area contributed by atoms with Gasteiger partial charge in [-0.1, -0.05) is 13.0 Å². The molecule has 1 heterocycles. The van der Waals surface area contributed by atoms with Gasteiger partial charge in [-0.15, -0.1) is 0 Å². The van der Waals surface area contributed by atoms with Gasteiger partial charge in [0, 0.05) is 12.6 Å². The number of rotatable bonds is 4. The number of nitrogens with one attached hydrogen (secondary N) is 1. The molecule has 1 amide bonds. The van der Waals surface area contributed by atoms with Gasteiger partial charge in [0.25, 0.3) is 11.5 Å². The summed E-state index contributed by atoms with van der Waals surface area (Å²) >= 11 is 0. The molecular weight excluding hydrogens is 280 g/mol. The molecule has 1 aromatic carbocycles. The predicted molar refractivity (Wildman–Crippen MR) is 73.1 cm³/mol. The Morgan fingerprint density at radius 1 is 1.24 bits per heavy atom. The van der Waals surface area contributed by atoms with Crippen molar-refractivity contribution in [1.82, 2.24) is 9.78 Å². The van der Waals surface area contributed by atoms with Crippen molar-refractivity contribution in [3.63, 3.8) is 0 Å². The van der Waals surface area contributed by atoms with Crippen molar-refractivity contribution in [2.45, 2.75) is 19.9 Å². The molecule has 0 unspecified atom stereocenters. The fourth-order valence-corrected chi connectivity index (χ4v) is 1.74. The lowest BCUT2D eigenvalue weighted by Crippen LogP contribution is -2.26. The van der Waals surface area contributed by atoms with Gasteiger partial charge in [-0.05, 0) is 24.6 Å². The van der Waals surface area contributed by atoms with Crippen molar-refractivity contribution >= 4 is 11.6 Å². The summed E-state index contributed by atoms with van der Waals surface area (Å²) in [6, 6.07) is 5.66. The molecule has 0 saturated heterocycles. The second-order valence-corrected chi connectivity index (χ2v) is 4.33. The zero-order valence-electron chi connectivity index (χ0n) is 11.3. The standard InChI is InChI=1S/C14H13F2N3O2/c1-2-8-19-12(20)7-6-11(18-19)14(21)17-13-9(15)4-3-5-10(13)16/h3-7H,2,8H2,1H3,(H,17,21). The fourth-order valence-electron chi connectivity index (χ4n) is 1.74. The summed E-state index contributed by atoms with van der Waals surface area (Å²) in [7, 11) is 0. The summed E-state index contributed by atoms with van der Waals surface area (Å²) in [6.07, 6.45) is 0.667. The van der Waals surface area contributed by atoms with E-state index in [0.717, 1.165) is 16.8 Å². The lowest BCUT2D eigenvalue weighted by Gasteiger charge is -2.08. The van der Waals surface area contributed by atoms with Crippen molar-refractivity contribution in [2.75, 3.05) is 5.32 Å². The molecule has 0 aliphatic heterocycles. The highest BCUT2D eigenvalue weighted by Gasteiger charge is 2.15. The van der Waals surface area contributed by atoms with E-state index in [4.69, 9.17) is 0 Å². The summed E-state index contributed by atoms with van der Waals surface area (Å²) in [5.74, 6) is -2.56. The highest BCUT2D eigenvalue weighted by atomic mass is 19.1. The van der Waals surface area contributed by atoms with Gasteiger partial charge < -0.3 is 5.32 Å². The van der Waals surface area contributed by atoms with Crippen LogP contribution in [-0.2, 0) is 6.54 Å². The van der Waals surface area contributed by atoms with Crippen LogP contribution in [-0.4, -0.2) is 15.7 Å². The zero-order valence-corrected chi connectivity index (χ0v) is 11.3. The second kappa shape index (κ2) is 6.25. The third-order valence-corrected chi connectivity index (χ3v) is 2.74.